The number of ether oxygens (including phenoxy) is 1. The molecule has 1 N–H and O–H groups in total. The average molecular weight is 214 g/mol. The van der Waals surface area contributed by atoms with Crippen molar-refractivity contribution in [2.45, 2.75) is 26.5 Å². The third-order valence-electron chi connectivity index (χ3n) is 1.98. The summed E-state index contributed by atoms with van der Waals surface area (Å²) in [4.78, 5) is 11.0. The van der Waals surface area contributed by atoms with Gasteiger partial charge in [0.1, 0.15) is 6.61 Å². The van der Waals surface area contributed by atoms with Crippen molar-refractivity contribution in [1.29, 1.82) is 0 Å². The number of nitrogens with zero attached hydrogens (tertiary/aromatic N) is 4. The fraction of sp³-hybridized carbons (Fsp3) is 0.750. The highest BCUT2D eigenvalue weighted by atomic mass is 16.5. The summed E-state index contributed by atoms with van der Waals surface area (Å²) < 4.78 is 6.17. The first kappa shape index (κ1) is 11.6. The van der Waals surface area contributed by atoms with E-state index < -0.39 is 12.0 Å². The molecule has 1 heterocycles. The van der Waals surface area contributed by atoms with Crippen LogP contribution in [0.4, 0.5) is 0 Å². The van der Waals surface area contributed by atoms with E-state index in [-0.39, 0.29) is 12.5 Å². The average Bonchev–Trinajstić information content (AvgIpc) is 2.53. The molecule has 0 amide bonds. The minimum Gasteiger partial charge on any atom is -0.480 e. The number of carboxylic acid groups (broad SMARTS) is 1. The van der Waals surface area contributed by atoms with E-state index in [9.17, 15) is 4.79 Å². The van der Waals surface area contributed by atoms with Crippen molar-refractivity contribution in [2.75, 3.05) is 7.11 Å². The van der Waals surface area contributed by atoms with Crippen molar-refractivity contribution in [2.24, 2.45) is 5.92 Å². The Kier molecular flexibility index (Phi) is 3.73. The van der Waals surface area contributed by atoms with Gasteiger partial charge in [0.15, 0.2) is 11.9 Å². The van der Waals surface area contributed by atoms with Gasteiger partial charge in [0.2, 0.25) is 0 Å². The summed E-state index contributed by atoms with van der Waals surface area (Å²) >= 11 is 0. The zero-order valence-electron chi connectivity index (χ0n) is 8.91. The second-order valence-corrected chi connectivity index (χ2v) is 3.50. The number of carbonyl (C=O) groups is 1. The number of hydrogen-bond donors (Lipinski definition) is 1. The zero-order valence-corrected chi connectivity index (χ0v) is 8.91. The molecule has 1 aromatic heterocycles. The van der Waals surface area contributed by atoms with Gasteiger partial charge >= 0.3 is 5.97 Å². The van der Waals surface area contributed by atoms with Crippen LogP contribution in [0.3, 0.4) is 0 Å². The van der Waals surface area contributed by atoms with E-state index in [1.807, 2.05) is 0 Å². The summed E-state index contributed by atoms with van der Waals surface area (Å²) in [7, 11) is 1.50. The largest absolute Gasteiger partial charge is 0.480 e. The number of hydrogen-bond acceptors (Lipinski definition) is 5. The third kappa shape index (κ3) is 2.50. The fourth-order valence-corrected chi connectivity index (χ4v) is 1.32. The molecule has 0 aromatic carbocycles. The maximum atomic E-state index is 11.0. The van der Waals surface area contributed by atoms with Crippen molar-refractivity contribution < 1.29 is 14.6 Å². The summed E-state index contributed by atoms with van der Waals surface area (Å²) in [5.74, 6) is -0.630. The van der Waals surface area contributed by atoms with Crippen molar-refractivity contribution in [1.82, 2.24) is 20.2 Å². The van der Waals surface area contributed by atoms with Crippen LogP contribution in [0.1, 0.15) is 25.7 Å². The van der Waals surface area contributed by atoms with Crippen LogP contribution in [-0.4, -0.2) is 38.4 Å². The van der Waals surface area contributed by atoms with E-state index in [1.54, 1.807) is 13.8 Å². The predicted octanol–water partition coefficient (Wildman–Crippen LogP) is 0.101. The van der Waals surface area contributed by atoms with Crippen LogP contribution < -0.4 is 0 Å². The molecule has 0 aliphatic rings. The van der Waals surface area contributed by atoms with E-state index in [1.165, 1.54) is 11.8 Å². The van der Waals surface area contributed by atoms with Gasteiger partial charge in [0, 0.05) is 7.11 Å². The van der Waals surface area contributed by atoms with Crippen LogP contribution in [0.5, 0.6) is 0 Å². The first-order valence-electron chi connectivity index (χ1n) is 4.56. The lowest BCUT2D eigenvalue weighted by Crippen LogP contribution is -2.27. The number of rotatable bonds is 5. The Bertz CT molecular complexity index is 336. The SMILES string of the molecule is COCc1nnnn1C(C(=O)O)C(C)C. The Morgan fingerprint density at radius 2 is 2.27 bits per heavy atom. The van der Waals surface area contributed by atoms with E-state index in [4.69, 9.17) is 9.84 Å². The van der Waals surface area contributed by atoms with Crippen molar-refractivity contribution >= 4 is 5.97 Å². The second kappa shape index (κ2) is 4.83. The normalized spacial score (nSPS) is 13.1. The first-order valence-corrected chi connectivity index (χ1v) is 4.56. The molecule has 7 heteroatoms. The van der Waals surface area contributed by atoms with Crippen molar-refractivity contribution in [3.05, 3.63) is 5.82 Å². The first-order chi connectivity index (χ1) is 7.07. The Morgan fingerprint density at radius 1 is 1.60 bits per heavy atom. The molecule has 15 heavy (non-hydrogen) atoms. The highest BCUT2D eigenvalue weighted by Gasteiger charge is 2.27. The van der Waals surface area contributed by atoms with Gasteiger partial charge in [-0.15, -0.1) is 5.10 Å². The number of aromatic nitrogens is 4. The Labute approximate surface area is 87.0 Å². The molecule has 0 saturated carbocycles. The summed E-state index contributed by atoms with van der Waals surface area (Å²) in [6.07, 6.45) is 0. The molecule has 1 aromatic rings. The lowest BCUT2D eigenvalue weighted by Gasteiger charge is -2.16. The van der Waals surface area contributed by atoms with Crippen molar-refractivity contribution in [3.8, 4) is 0 Å². The van der Waals surface area contributed by atoms with Gasteiger partial charge in [-0.25, -0.2) is 9.48 Å². The Hall–Kier alpha value is -1.50. The second-order valence-electron chi connectivity index (χ2n) is 3.50. The van der Waals surface area contributed by atoms with Gasteiger partial charge in [0.25, 0.3) is 0 Å². The fourth-order valence-electron chi connectivity index (χ4n) is 1.32. The molecule has 7 nitrogen and oxygen atoms in total. The molecule has 0 aliphatic heterocycles. The summed E-state index contributed by atoms with van der Waals surface area (Å²) in [5, 5.41) is 19.9. The Morgan fingerprint density at radius 3 is 2.73 bits per heavy atom. The van der Waals surface area contributed by atoms with Gasteiger partial charge < -0.3 is 9.84 Å². The molecular formula is C8H14N4O3. The maximum Gasteiger partial charge on any atom is 0.328 e. The molecule has 84 valence electrons. The van der Waals surface area contributed by atoms with Gasteiger partial charge in [0.05, 0.1) is 0 Å². The molecule has 0 saturated heterocycles. The van der Waals surface area contributed by atoms with Gasteiger partial charge in [-0.3, -0.25) is 0 Å². The zero-order chi connectivity index (χ0) is 11.4. The van der Waals surface area contributed by atoms with Crippen LogP contribution in [0.15, 0.2) is 0 Å². The molecular weight excluding hydrogens is 200 g/mol. The monoisotopic (exact) mass is 214 g/mol. The minimum absolute atomic E-state index is 0.0957. The molecule has 1 atom stereocenters. The van der Waals surface area contributed by atoms with Gasteiger partial charge in [-0.1, -0.05) is 13.8 Å². The number of tetrazole rings is 1. The quantitative estimate of drug-likeness (QED) is 0.747. The van der Waals surface area contributed by atoms with Crippen LogP contribution in [0.25, 0.3) is 0 Å². The molecule has 1 rings (SSSR count). The van der Waals surface area contributed by atoms with Crippen LogP contribution in [0.2, 0.25) is 0 Å². The van der Waals surface area contributed by atoms with Crippen LogP contribution >= 0.6 is 0 Å². The third-order valence-corrected chi connectivity index (χ3v) is 1.98. The van der Waals surface area contributed by atoms with E-state index in [0.717, 1.165) is 0 Å². The number of aliphatic carboxylic acids is 1. The van der Waals surface area contributed by atoms with E-state index in [2.05, 4.69) is 15.5 Å². The maximum absolute atomic E-state index is 11.0. The number of carboxylic acids is 1. The topological polar surface area (TPSA) is 90.1 Å². The van der Waals surface area contributed by atoms with Crippen molar-refractivity contribution in [3.63, 3.8) is 0 Å². The Balaban J connectivity index is 3.00. The molecule has 0 spiro atoms. The van der Waals surface area contributed by atoms with E-state index in [0.29, 0.717) is 5.82 Å². The summed E-state index contributed by atoms with van der Waals surface area (Å²) in [6, 6.07) is -0.759. The van der Waals surface area contributed by atoms with Gasteiger partial charge in [-0.2, -0.15) is 0 Å². The summed E-state index contributed by atoms with van der Waals surface area (Å²) in [5.41, 5.74) is 0. The van der Waals surface area contributed by atoms with E-state index >= 15 is 0 Å². The lowest BCUT2D eigenvalue weighted by molar-refractivity contribution is -0.142. The molecule has 0 radical (unpaired) electrons. The standard InChI is InChI=1S/C8H14N4O3/c1-5(2)7(8(13)14)12-6(4-15-3)9-10-11-12/h5,7H,4H2,1-3H3,(H,13,14). The molecule has 1 unspecified atom stereocenters. The minimum atomic E-state index is -0.949. The lowest BCUT2D eigenvalue weighted by atomic mass is 10.1. The predicted molar refractivity (Wildman–Crippen MR) is 50.0 cm³/mol. The van der Waals surface area contributed by atoms with Crippen LogP contribution in [0, 0.1) is 5.92 Å². The smallest absolute Gasteiger partial charge is 0.328 e. The van der Waals surface area contributed by atoms with Crippen LogP contribution in [-0.2, 0) is 16.1 Å². The highest BCUT2D eigenvalue weighted by Crippen LogP contribution is 2.17. The number of methoxy groups -OCH3 is 1. The van der Waals surface area contributed by atoms with Gasteiger partial charge in [-0.05, 0) is 16.3 Å². The molecule has 0 fully saturated rings. The molecule has 0 aliphatic carbocycles. The highest BCUT2D eigenvalue weighted by molar-refractivity contribution is 5.72. The molecule has 0 bridgehead atoms. The summed E-state index contributed by atoms with van der Waals surface area (Å²) in [6.45, 7) is 3.80.